The molecule has 0 bridgehead atoms. The van der Waals surface area contributed by atoms with Gasteiger partial charge in [-0.25, -0.2) is 17.8 Å². The molecule has 2 aromatic rings. The Morgan fingerprint density at radius 1 is 1.38 bits per heavy atom. The highest BCUT2D eigenvalue weighted by Crippen LogP contribution is 2.28. The third-order valence-corrected chi connectivity index (χ3v) is 6.07. The zero-order valence-electron chi connectivity index (χ0n) is 13.4. The van der Waals surface area contributed by atoms with Gasteiger partial charge in [0.1, 0.15) is 5.82 Å². The maximum atomic E-state index is 13.9. The van der Waals surface area contributed by atoms with E-state index in [9.17, 15) is 12.8 Å². The number of ether oxygens (including phenoxy) is 1. The first-order chi connectivity index (χ1) is 11.4. The Morgan fingerprint density at radius 3 is 2.79 bits per heavy atom. The van der Waals surface area contributed by atoms with Gasteiger partial charge in [-0.1, -0.05) is 0 Å². The number of H-pyrrole nitrogens is 1. The lowest BCUT2D eigenvalue weighted by Crippen LogP contribution is -2.49. The van der Waals surface area contributed by atoms with E-state index in [1.165, 1.54) is 23.5 Å². The van der Waals surface area contributed by atoms with Crippen molar-refractivity contribution in [1.82, 2.24) is 19.2 Å². The predicted octanol–water partition coefficient (Wildman–Crippen LogP) is 1.23. The number of aromatic nitrogens is 2. The van der Waals surface area contributed by atoms with Crippen LogP contribution in [0.15, 0.2) is 35.5 Å². The van der Waals surface area contributed by atoms with Crippen molar-refractivity contribution in [3.05, 3.63) is 42.2 Å². The van der Waals surface area contributed by atoms with Crippen molar-refractivity contribution in [2.45, 2.75) is 10.9 Å². The lowest BCUT2D eigenvalue weighted by atomic mass is 10.2. The standard InChI is InChI=1S/C15H19FN4O3S/c1-19-7-8-20(10-13(19)15-17-5-6-18-15)24(21,22)11-3-4-14(23-2)12(16)9-11/h3-6,9,13H,7-8,10H2,1-2H3,(H,17,18)/t13-/m1/s1. The first-order valence-corrected chi connectivity index (χ1v) is 8.90. The smallest absolute Gasteiger partial charge is 0.243 e. The summed E-state index contributed by atoms with van der Waals surface area (Å²) in [6, 6.07) is 3.50. The maximum Gasteiger partial charge on any atom is 0.243 e. The monoisotopic (exact) mass is 354 g/mol. The average molecular weight is 354 g/mol. The van der Waals surface area contributed by atoms with E-state index in [0.717, 1.165) is 6.07 Å². The highest BCUT2D eigenvalue weighted by atomic mass is 32.2. The van der Waals surface area contributed by atoms with Crippen LogP contribution in [0.5, 0.6) is 5.75 Å². The van der Waals surface area contributed by atoms with Crippen molar-refractivity contribution in [3.63, 3.8) is 0 Å². The number of halogens is 1. The quantitative estimate of drug-likeness (QED) is 0.894. The minimum atomic E-state index is -3.79. The number of nitrogens with one attached hydrogen (secondary N) is 1. The molecule has 1 aliphatic rings. The number of hydrogen-bond acceptors (Lipinski definition) is 5. The van der Waals surface area contributed by atoms with Crippen LogP contribution in [0.1, 0.15) is 11.9 Å². The lowest BCUT2D eigenvalue weighted by Gasteiger charge is -2.37. The molecule has 7 nitrogen and oxygen atoms in total. The lowest BCUT2D eigenvalue weighted by molar-refractivity contribution is 0.142. The topological polar surface area (TPSA) is 78.5 Å². The third kappa shape index (κ3) is 3.02. The summed E-state index contributed by atoms with van der Waals surface area (Å²) in [4.78, 5) is 9.20. The minimum Gasteiger partial charge on any atom is -0.494 e. The molecule has 3 rings (SSSR count). The zero-order valence-corrected chi connectivity index (χ0v) is 14.3. The highest BCUT2D eigenvalue weighted by molar-refractivity contribution is 7.89. The summed E-state index contributed by atoms with van der Waals surface area (Å²) in [6.45, 7) is 1.15. The number of imidazole rings is 1. The van der Waals surface area contributed by atoms with Gasteiger partial charge in [-0.2, -0.15) is 4.31 Å². The largest absolute Gasteiger partial charge is 0.494 e. The molecule has 1 saturated heterocycles. The molecule has 0 unspecified atom stereocenters. The number of methoxy groups -OCH3 is 1. The van der Waals surface area contributed by atoms with Gasteiger partial charge in [-0.05, 0) is 25.2 Å². The van der Waals surface area contributed by atoms with Crippen molar-refractivity contribution < 1.29 is 17.5 Å². The number of aromatic amines is 1. The van der Waals surface area contributed by atoms with Gasteiger partial charge in [0, 0.05) is 32.0 Å². The molecule has 0 spiro atoms. The molecule has 130 valence electrons. The summed E-state index contributed by atoms with van der Waals surface area (Å²) in [5.41, 5.74) is 0. The number of likely N-dealkylation sites (N-methyl/N-ethyl adjacent to an activating group) is 1. The van der Waals surface area contributed by atoms with Gasteiger partial charge in [0.05, 0.1) is 18.0 Å². The van der Waals surface area contributed by atoms with Gasteiger partial charge >= 0.3 is 0 Å². The van der Waals surface area contributed by atoms with Crippen LogP contribution < -0.4 is 4.74 Å². The molecule has 1 atom stereocenters. The van der Waals surface area contributed by atoms with Crippen molar-refractivity contribution in [2.24, 2.45) is 0 Å². The molecule has 1 aromatic heterocycles. The van der Waals surface area contributed by atoms with E-state index < -0.39 is 15.8 Å². The van der Waals surface area contributed by atoms with Gasteiger partial charge in [0.2, 0.25) is 10.0 Å². The molecular weight excluding hydrogens is 335 g/mol. The first-order valence-electron chi connectivity index (χ1n) is 7.46. The summed E-state index contributed by atoms with van der Waals surface area (Å²) < 4.78 is 45.7. The van der Waals surface area contributed by atoms with E-state index in [-0.39, 0.29) is 23.2 Å². The van der Waals surface area contributed by atoms with Crippen LogP contribution in [0.25, 0.3) is 0 Å². The Labute approximate surface area is 140 Å². The van der Waals surface area contributed by atoms with E-state index >= 15 is 0 Å². The fraction of sp³-hybridized carbons (Fsp3) is 0.400. The Balaban J connectivity index is 1.88. The molecule has 0 radical (unpaired) electrons. The molecule has 1 N–H and O–H groups in total. The van der Waals surface area contributed by atoms with E-state index in [1.54, 1.807) is 12.4 Å². The van der Waals surface area contributed by atoms with E-state index in [4.69, 9.17) is 4.74 Å². The van der Waals surface area contributed by atoms with Crippen LogP contribution in [0.2, 0.25) is 0 Å². The maximum absolute atomic E-state index is 13.9. The fourth-order valence-electron chi connectivity index (χ4n) is 2.78. The van der Waals surface area contributed by atoms with E-state index in [0.29, 0.717) is 18.9 Å². The number of piperazine rings is 1. The van der Waals surface area contributed by atoms with Gasteiger partial charge in [-0.3, -0.25) is 4.90 Å². The Morgan fingerprint density at radius 2 is 2.17 bits per heavy atom. The predicted molar refractivity (Wildman–Crippen MR) is 85.7 cm³/mol. The molecule has 2 heterocycles. The van der Waals surface area contributed by atoms with Crippen LogP contribution >= 0.6 is 0 Å². The summed E-state index contributed by atoms with van der Waals surface area (Å²) in [5, 5.41) is 0. The normalized spacial score (nSPS) is 20.2. The molecule has 1 aromatic carbocycles. The highest BCUT2D eigenvalue weighted by Gasteiger charge is 2.34. The fourth-order valence-corrected chi connectivity index (χ4v) is 4.23. The van der Waals surface area contributed by atoms with E-state index in [2.05, 4.69) is 9.97 Å². The molecule has 1 aliphatic heterocycles. The molecule has 9 heteroatoms. The summed E-state index contributed by atoms with van der Waals surface area (Å²) in [5.74, 6) is 0.0226. The number of hydrogen-bond donors (Lipinski definition) is 1. The Bertz CT molecular complexity index is 810. The first kappa shape index (κ1) is 16.9. The average Bonchev–Trinajstić information content (AvgIpc) is 3.09. The SMILES string of the molecule is COc1ccc(S(=O)(=O)N2CCN(C)[C@@H](c3ncc[nH]3)C2)cc1F. The molecule has 0 amide bonds. The Kier molecular flexibility index (Phi) is 4.57. The number of rotatable bonds is 4. The van der Waals surface area contributed by atoms with Crippen LogP contribution in [0.3, 0.4) is 0 Å². The number of nitrogens with zero attached hydrogens (tertiary/aromatic N) is 3. The van der Waals surface area contributed by atoms with Gasteiger partial charge in [-0.15, -0.1) is 0 Å². The number of benzene rings is 1. The van der Waals surface area contributed by atoms with Gasteiger partial charge in [0.25, 0.3) is 0 Å². The minimum absolute atomic E-state index is 0.0146. The molecular formula is C15H19FN4O3S. The number of sulfonamides is 1. The van der Waals surface area contributed by atoms with Crippen molar-refractivity contribution in [1.29, 1.82) is 0 Å². The second-order valence-corrected chi connectivity index (χ2v) is 7.57. The summed E-state index contributed by atoms with van der Waals surface area (Å²) in [7, 11) is -0.532. The van der Waals surface area contributed by atoms with Crippen molar-refractivity contribution in [3.8, 4) is 5.75 Å². The molecule has 0 aliphatic carbocycles. The van der Waals surface area contributed by atoms with Crippen molar-refractivity contribution in [2.75, 3.05) is 33.8 Å². The molecule has 1 fully saturated rings. The summed E-state index contributed by atoms with van der Waals surface area (Å²) >= 11 is 0. The molecule has 0 saturated carbocycles. The zero-order chi connectivity index (χ0) is 17.3. The van der Waals surface area contributed by atoms with E-state index in [1.807, 2.05) is 11.9 Å². The summed E-state index contributed by atoms with van der Waals surface area (Å²) in [6.07, 6.45) is 3.34. The molecule has 24 heavy (non-hydrogen) atoms. The van der Waals surface area contributed by atoms with Crippen LogP contribution in [0.4, 0.5) is 4.39 Å². The van der Waals surface area contributed by atoms with Gasteiger partial charge < -0.3 is 9.72 Å². The van der Waals surface area contributed by atoms with Gasteiger partial charge in [0.15, 0.2) is 11.6 Å². The third-order valence-electron chi connectivity index (χ3n) is 4.21. The van der Waals surface area contributed by atoms with Crippen LogP contribution in [0, 0.1) is 5.82 Å². The Hall–Kier alpha value is -1.97. The van der Waals surface area contributed by atoms with Crippen LogP contribution in [-0.2, 0) is 10.0 Å². The van der Waals surface area contributed by atoms with Crippen molar-refractivity contribution >= 4 is 10.0 Å². The second-order valence-electron chi connectivity index (χ2n) is 5.63. The van der Waals surface area contributed by atoms with Crippen LogP contribution in [-0.4, -0.2) is 61.4 Å². The second kappa shape index (κ2) is 6.50.